The zero-order valence-electron chi connectivity index (χ0n) is 14.9. The van der Waals surface area contributed by atoms with E-state index in [1.165, 1.54) is 35.7 Å². The number of ether oxygens (including phenoxy) is 1. The van der Waals surface area contributed by atoms with Crippen molar-refractivity contribution >= 4 is 21.6 Å². The number of methoxy groups -OCH3 is 1. The maximum absolute atomic E-state index is 13.7. The van der Waals surface area contributed by atoms with Gasteiger partial charge < -0.3 is 10.1 Å². The Balaban J connectivity index is 1.64. The molecule has 0 spiro atoms. The number of rotatable bonds is 6. The highest BCUT2D eigenvalue weighted by atomic mass is 32.2. The van der Waals surface area contributed by atoms with Crippen LogP contribution in [0.25, 0.3) is 0 Å². The number of amides is 1. The molecule has 1 aliphatic heterocycles. The SMILES string of the molecule is COc1ccc(CC(=O)Nc2ccc(S(=O)(=O)N3CCCC3)cc2)cc1F. The summed E-state index contributed by atoms with van der Waals surface area (Å²) in [6.07, 6.45) is 1.74. The van der Waals surface area contributed by atoms with Crippen LogP contribution in [0.3, 0.4) is 0 Å². The Kier molecular flexibility index (Phi) is 5.76. The molecule has 0 bridgehead atoms. The molecule has 1 saturated heterocycles. The van der Waals surface area contributed by atoms with Crippen molar-refractivity contribution in [3.8, 4) is 5.75 Å². The van der Waals surface area contributed by atoms with Crippen molar-refractivity contribution in [3.05, 3.63) is 53.8 Å². The molecule has 27 heavy (non-hydrogen) atoms. The first-order chi connectivity index (χ1) is 12.9. The van der Waals surface area contributed by atoms with Gasteiger partial charge in [-0.3, -0.25) is 4.79 Å². The fraction of sp³-hybridized carbons (Fsp3) is 0.316. The van der Waals surface area contributed by atoms with Crippen LogP contribution in [-0.4, -0.2) is 38.8 Å². The minimum atomic E-state index is -3.48. The van der Waals surface area contributed by atoms with Crippen LogP contribution in [0, 0.1) is 5.82 Å². The summed E-state index contributed by atoms with van der Waals surface area (Å²) in [7, 11) is -2.10. The zero-order valence-corrected chi connectivity index (χ0v) is 15.8. The molecule has 3 rings (SSSR count). The molecule has 1 heterocycles. The lowest BCUT2D eigenvalue weighted by Gasteiger charge is -2.15. The predicted octanol–water partition coefficient (Wildman–Crippen LogP) is 2.80. The van der Waals surface area contributed by atoms with Gasteiger partial charge in [0.1, 0.15) is 0 Å². The second-order valence-electron chi connectivity index (χ2n) is 6.33. The molecule has 1 amide bonds. The molecule has 0 aliphatic carbocycles. The highest BCUT2D eigenvalue weighted by Crippen LogP contribution is 2.22. The number of hydrogen-bond donors (Lipinski definition) is 1. The van der Waals surface area contributed by atoms with Crippen molar-refractivity contribution in [2.24, 2.45) is 0 Å². The number of nitrogens with zero attached hydrogens (tertiary/aromatic N) is 1. The van der Waals surface area contributed by atoms with Crippen molar-refractivity contribution in [3.63, 3.8) is 0 Å². The van der Waals surface area contributed by atoms with E-state index in [0.29, 0.717) is 24.3 Å². The molecule has 1 N–H and O–H groups in total. The van der Waals surface area contributed by atoms with Gasteiger partial charge in [0, 0.05) is 18.8 Å². The van der Waals surface area contributed by atoms with Crippen LogP contribution in [0.1, 0.15) is 18.4 Å². The van der Waals surface area contributed by atoms with Gasteiger partial charge in [0.25, 0.3) is 0 Å². The van der Waals surface area contributed by atoms with Gasteiger partial charge >= 0.3 is 0 Å². The second-order valence-corrected chi connectivity index (χ2v) is 8.27. The molecule has 2 aromatic carbocycles. The maximum atomic E-state index is 13.7. The van der Waals surface area contributed by atoms with Crippen molar-refractivity contribution in [1.82, 2.24) is 4.31 Å². The van der Waals surface area contributed by atoms with Gasteiger partial charge in [-0.25, -0.2) is 12.8 Å². The fourth-order valence-corrected chi connectivity index (χ4v) is 4.52. The molecule has 6 nitrogen and oxygen atoms in total. The van der Waals surface area contributed by atoms with Crippen molar-refractivity contribution < 1.29 is 22.3 Å². The number of nitrogens with one attached hydrogen (secondary N) is 1. The fourth-order valence-electron chi connectivity index (χ4n) is 3.00. The normalized spacial score (nSPS) is 14.9. The van der Waals surface area contributed by atoms with E-state index in [1.54, 1.807) is 18.2 Å². The van der Waals surface area contributed by atoms with Crippen LogP contribution in [0.15, 0.2) is 47.4 Å². The number of carbonyl (C=O) groups is 1. The van der Waals surface area contributed by atoms with Gasteiger partial charge in [-0.2, -0.15) is 4.31 Å². The molecule has 144 valence electrons. The molecule has 0 aromatic heterocycles. The van der Waals surface area contributed by atoms with Gasteiger partial charge in [0.05, 0.1) is 18.4 Å². The van der Waals surface area contributed by atoms with Crippen molar-refractivity contribution in [1.29, 1.82) is 0 Å². The second kappa shape index (κ2) is 8.06. The zero-order chi connectivity index (χ0) is 19.4. The molecule has 0 saturated carbocycles. The highest BCUT2D eigenvalue weighted by Gasteiger charge is 2.26. The molecule has 0 atom stereocenters. The Morgan fingerprint density at radius 1 is 1.15 bits per heavy atom. The number of anilines is 1. The van der Waals surface area contributed by atoms with E-state index in [2.05, 4.69) is 5.32 Å². The Bertz CT molecular complexity index is 923. The Labute approximate surface area is 158 Å². The molecule has 1 fully saturated rings. The first-order valence-corrected chi connectivity index (χ1v) is 10.1. The summed E-state index contributed by atoms with van der Waals surface area (Å²) in [6.45, 7) is 1.08. The summed E-state index contributed by atoms with van der Waals surface area (Å²) in [4.78, 5) is 12.4. The number of carbonyl (C=O) groups excluding carboxylic acids is 1. The molecule has 1 aliphatic rings. The topological polar surface area (TPSA) is 75.7 Å². The van der Waals surface area contributed by atoms with Gasteiger partial charge in [0.15, 0.2) is 11.6 Å². The molecule has 2 aromatic rings. The molecular weight excluding hydrogens is 371 g/mol. The lowest BCUT2D eigenvalue weighted by atomic mass is 10.1. The Morgan fingerprint density at radius 3 is 2.41 bits per heavy atom. The molecule has 0 radical (unpaired) electrons. The van der Waals surface area contributed by atoms with Crippen LogP contribution < -0.4 is 10.1 Å². The van der Waals surface area contributed by atoms with Gasteiger partial charge in [0.2, 0.25) is 15.9 Å². The maximum Gasteiger partial charge on any atom is 0.243 e. The molecule has 0 unspecified atom stereocenters. The highest BCUT2D eigenvalue weighted by molar-refractivity contribution is 7.89. The van der Waals surface area contributed by atoms with Crippen molar-refractivity contribution in [2.75, 3.05) is 25.5 Å². The van der Waals surface area contributed by atoms with Crippen LogP contribution in [0.4, 0.5) is 10.1 Å². The van der Waals surface area contributed by atoms with Gasteiger partial charge in [-0.05, 0) is 54.8 Å². The van der Waals surface area contributed by atoms with Gasteiger partial charge in [-0.15, -0.1) is 0 Å². The lowest BCUT2D eigenvalue weighted by Crippen LogP contribution is -2.27. The van der Waals surface area contributed by atoms with E-state index < -0.39 is 15.8 Å². The van der Waals surface area contributed by atoms with E-state index in [0.717, 1.165) is 12.8 Å². The molecule has 8 heteroatoms. The monoisotopic (exact) mass is 392 g/mol. The van der Waals surface area contributed by atoms with Crippen LogP contribution >= 0.6 is 0 Å². The van der Waals surface area contributed by atoms with E-state index in [9.17, 15) is 17.6 Å². The number of benzene rings is 2. The third-order valence-corrected chi connectivity index (χ3v) is 6.33. The summed E-state index contributed by atoms with van der Waals surface area (Å²) >= 11 is 0. The summed E-state index contributed by atoms with van der Waals surface area (Å²) in [6, 6.07) is 10.4. The van der Waals surface area contributed by atoms with Crippen LogP contribution in [0.5, 0.6) is 5.75 Å². The first kappa shape index (κ1) is 19.3. The Hall–Kier alpha value is -2.45. The quantitative estimate of drug-likeness (QED) is 0.820. The summed E-state index contributed by atoms with van der Waals surface area (Å²) < 4.78 is 45.0. The minimum absolute atomic E-state index is 0.00522. The smallest absolute Gasteiger partial charge is 0.243 e. The predicted molar refractivity (Wildman–Crippen MR) is 99.7 cm³/mol. The summed E-state index contributed by atoms with van der Waals surface area (Å²) in [5.74, 6) is -0.733. The number of sulfonamides is 1. The van der Waals surface area contributed by atoms with E-state index in [-0.39, 0.29) is 23.0 Å². The number of hydrogen-bond acceptors (Lipinski definition) is 4. The van der Waals surface area contributed by atoms with Crippen LogP contribution in [-0.2, 0) is 21.2 Å². The third-order valence-electron chi connectivity index (χ3n) is 4.42. The average Bonchev–Trinajstić information content (AvgIpc) is 3.18. The average molecular weight is 392 g/mol. The first-order valence-electron chi connectivity index (χ1n) is 8.62. The summed E-state index contributed by atoms with van der Waals surface area (Å²) in [5.41, 5.74) is 0.994. The standard InChI is InChI=1S/C19H21FN2O4S/c1-26-18-9-4-14(12-17(18)20)13-19(23)21-15-5-7-16(8-6-15)27(24,25)22-10-2-3-11-22/h4-9,12H,2-3,10-11,13H2,1H3,(H,21,23). The number of halogens is 1. The largest absolute Gasteiger partial charge is 0.494 e. The minimum Gasteiger partial charge on any atom is -0.494 e. The lowest BCUT2D eigenvalue weighted by molar-refractivity contribution is -0.115. The van der Waals surface area contributed by atoms with Crippen molar-refractivity contribution in [2.45, 2.75) is 24.2 Å². The Morgan fingerprint density at radius 2 is 1.81 bits per heavy atom. The summed E-state index contributed by atoms with van der Waals surface area (Å²) in [5, 5.41) is 2.69. The van der Waals surface area contributed by atoms with Gasteiger partial charge in [-0.1, -0.05) is 6.07 Å². The van der Waals surface area contributed by atoms with E-state index in [1.807, 2.05) is 0 Å². The van der Waals surface area contributed by atoms with E-state index in [4.69, 9.17) is 4.74 Å². The third kappa shape index (κ3) is 4.45. The van der Waals surface area contributed by atoms with Crippen LogP contribution in [0.2, 0.25) is 0 Å². The van der Waals surface area contributed by atoms with E-state index >= 15 is 0 Å². The molecular formula is C19H21FN2O4S.